The van der Waals surface area contributed by atoms with Gasteiger partial charge in [-0.3, -0.25) is 9.69 Å². The Morgan fingerprint density at radius 3 is 2.94 bits per heavy atom. The number of tetrazole rings is 1. The number of fused-ring (bicyclic) bond motifs is 2. The molecule has 11 heteroatoms. The van der Waals surface area contributed by atoms with Gasteiger partial charge in [0.2, 0.25) is 5.91 Å². The van der Waals surface area contributed by atoms with E-state index in [2.05, 4.69) is 26.5 Å². The number of pyridine rings is 1. The fourth-order valence-corrected chi connectivity index (χ4v) is 5.51. The summed E-state index contributed by atoms with van der Waals surface area (Å²) < 4.78 is 13.1. The van der Waals surface area contributed by atoms with Crippen LogP contribution in [0.15, 0.2) is 36.7 Å². The lowest BCUT2D eigenvalue weighted by atomic mass is 9.98. The predicted molar refractivity (Wildman–Crippen MR) is 126 cm³/mol. The third kappa shape index (κ3) is 3.98. The Labute approximate surface area is 208 Å². The standard InChI is InChI=1S/C25H26N8O3/c1-35-22-10-16(2-3-17(22)11-26)23-13-31-8-9-32(12-18(31)14-36-23)25(34)20-4-6-21-19(20)5-7-24(28-21)33-15-27-29-30-33/h2-3,5,7,10,15,18,20,23H,4,6,8-9,12-14H2,1H3/t18-,20?,23+/m1/s1. The van der Waals surface area contributed by atoms with Crippen molar-refractivity contribution in [2.24, 2.45) is 0 Å². The number of rotatable bonds is 4. The fourth-order valence-electron chi connectivity index (χ4n) is 5.51. The highest BCUT2D eigenvalue weighted by atomic mass is 16.5. The van der Waals surface area contributed by atoms with Crippen LogP contribution < -0.4 is 4.74 Å². The fraction of sp³-hybridized carbons (Fsp3) is 0.440. The third-order valence-corrected chi connectivity index (χ3v) is 7.45. The summed E-state index contributed by atoms with van der Waals surface area (Å²) in [6.07, 6.45) is 2.96. The van der Waals surface area contributed by atoms with Gasteiger partial charge in [-0.05, 0) is 52.6 Å². The van der Waals surface area contributed by atoms with Crippen LogP contribution in [0.3, 0.4) is 0 Å². The van der Waals surface area contributed by atoms with E-state index in [9.17, 15) is 10.1 Å². The molecule has 2 fully saturated rings. The molecule has 2 aromatic heterocycles. The van der Waals surface area contributed by atoms with Gasteiger partial charge in [0.15, 0.2) is 5.82 Å². The van der Waals surface area contributed by atoms with Gasteiger partial charge in [-0.15, -0.1) is 5.10 Å². The number of nitriles is 1. The van der Waals surface area contributed by atoms with Crippen molar-refractivity contribution >= 4 is 5.91 Å². The average molecular weight is 487 g/mol. The Morgan fingerprint density at radius 1 is 1.22 bits per heavy atom. The minimum atomic E-state index is -0.162. The van der Waals surface area contributed by atoms with Crippen molar-refractivity contribution in [1.82, 2.24) is 35.0 Å². The third-order valence-electron chi connectivity index (χ3n) is 7.45. The van der Waals surface area contributed by atoms with E-state index in [0.29, 0.717) is 36.8 Å². The van der Waals surface area contributed by atoms with Crippen molar-refractivity contribution < 1.29 is 14.3 Å². The molecular weight excluding hydrogens is 460 g/mol. The Morgan fingerprint density at radius 2 is 2.14 bits per heavy atom. The van der Waals surface area contributed by atoms with Gasteiger partial charge >= 0.3 is 0 Å². The zero-order valence-electron chi connectivity index (χ0n) is 19.9. The molecule has 1 amide bonds. The molecule has 3 aromatic rings. The van der Waals surface area contributed by atoms with Gasteiger partial charge in [0, 0.05) is 31.9 Å². The SMILES string of the molecule is COc1cc([C@@H]2CN3CCN(C(=O)C4CCc5nc(-n6cnnn6)ccc54)C[C@@H]3CO2)ccc1C#N. The normalized spacial score (nSPS) is 23.6. The second-order valence-corrected chi connectivity index (χ2v) is 9.38. The highest BCUT2D eigenvalue weighted by Gasteiger charge is 2.39. The average Bonchev–Trinajstić information content (AvgIpc) is 3.62. The van der Waals surface area contributed by atoms with E-state index in [1.165, 1.54) is 11.0 Å². The minimum absolute atomic E-state index is 0.0905. The number of nitrogens with zero attached hydrogens (tertiary/aromatic N) is 8. The molecule has 3 aliphatic rings. The van der Waals surface area contributed by atoms with Crippen molar-refractivity contribution in [1.29, 1.82) is 5.26 Å². The van der Waals surface area contributed by atoms with Gasteiger partial charge in [-0.1, -0.05) is 12.1 Å². The molecule has 1 aliphatic carbocycles. The summed E-state index contributed by atoms with van der Waals surface area (Å²) in [6.45, 7) is 3.46. The molecule has 184 valence electrons. The maximum Gasteiger partial charge on any atom is 0.230 e. The van der Waals surface area contributed by atoms with Crippen LogP contribution in [0.4, 0.5) is 0 Å². The molecule has 2 aliphatic heterocycles. The van der Waals surface area contributed by atoms with E-state index in [1.807, 2.05) is 29.2 Å². The number of aromatic nitrogens is 5. The van der Waals surface area contributed by atoms with E-state index in [1.54, 1.807) is 13.2 Å². The van der Waals surface area contributed by atoms with Crippen LogP contribution in [0.5, 0.6) is 5.75 Å². The van der Waals surface area contributed by atoms with Crippen LogP contribution in [0, 0.1) is 11.3 Å². The highest BCUT2D eigenvalue weighted by Crippen LogP contribution is 2.35. The predicted octanol–water partition coefficient (Wildman–Crippen LogP) is 1.25. The molecular formula is C25H26N8O3. The highest BCUT2D eigenvalue weighted by molar-refractivity contribution is 5.85. The molecule has 1 aromatic carbocycles. The first-order valence-corrected chi connectivity index (χ1v) is 12.1. The minimum Gasteiger partial charge on any atom is -0.495 e. The van der Waals surface area contributed by atoms with Crippen molar-refractivity contribution in [3.8, 4) is 17.6 Å². The smallest absolute Gasteiger partial charge is 0.230 e. The zero-order valence-corrected chi connectivity index (χ0v) is 19.9. The van der Waals surface area contributed by atoms with E-state index in [0.717, 1.165) is 42.8 Å². The summed E-state index contributed by atoms with van der Waals surface area (Å²) in [5.74, 6) is 1.23. The Kier molecular flexibility index (Phi) is 5.83. The molecule has 4 heterocycles. The van der Waals surface area contributed by atoms with Crippen LogP contribution in [-0.2, 0) is 16.0 Å². The number of hydrogen-bond donors (Lipinski definition) is 0. The molecule has 6 rings (SSSR count). The van der Waals surface area contributed by atoms with Crippen LogP contribution >= 0.6 is 0 Å². The molecule has 36 heavy (non-hydrogen) atoms. The second-order valence-electron chi connectivity index (χ2n) is 9.38. The molecule has 1 unspecified atom stereocenters. The quantitative estimate of drug-likeness (QED) is 0.536. The first-order chi connectivity index (χ1) is 17.6. The molecule has 3 atom stereocenters. The lowest BCUT2D eigenvalue weighted by molar-refractivity contribution is -0.141. The number of methoxy groups -OCH3 is 1. The number of amides is 1. The van der Waals surface area contributed by atoms with E-state index in [-0.39, 0.29) is 24.0 Å². The summed E-state index contributed by atoms with van der Waals surface area (Å²) >= 11 is 0. The van der Waals surface area contributed by atoms with E-state index >= 15 is 0 Å². The number of morpholine rings is 1. The van der Waals surface area contributed by atoms with Crippen molar-refractivity contribution in [3.63, 3.8) is 0 Å². The number of carbonyl (C=O) groups excluding carboxylic acids is 1. The van der Waals surface area contributed by atoms with Gasteiger partial charge in [-0.25, -0.2) is 4.98 Å². The molecule has 0 bridgehead atoms. The molecule has 11 nitrogen and oxygen atoms in total. The molecule has 0 N–H and O–H groups in total. The number of hydrogen-bond acceptors (Lipinski definition) is 9. The van der Waals surface area contributed by atoms with Gasteiger partial charge in [0.1, 0.15) is 18.1 Å². The van der Waals surface area contributed by atoms with Crippen molar-refractivity contribution in [2.45, 2.75) is 30.9 Å². The van der Waals surface area contributed by atoms with Gasteiger partial charge < -0.3 is 14.4 Å². The van der Waals surface area contributed by atoms with Crippen LogP contribution in [0.1, 0.15) is 40.8 Å². The Hall–Kier alpha value is -3.88. The first kappa shape index (κ1) is 22.6. The Balaban J connectivity index is 1.11. The van der Waals surface area contributed by atoms with Crippen LogP contribution in [-0.4, -0.2) is 86.8 Å². The Bertz CT molecular complexity index is 1320. The summed E-state index contributed by atoms with van der Waals surface area (Å²) in [6, 6.07) is 11.8. The van der Waals surface area contributed by atoms with Gasteiger partial charge in [-0.2, -0.15) is 9.94 Å². The zero-order chi connectivity index (χ0) is 24.6. The van der Waals surface area contributed by atoms with Gasteiger partial charge in [0.05, 0.1) is 37.3 Å². The summed E-state index contributed by atoms with van der Waals surface area (Å²) in [5, 5.41) is 20.5. The summed E-state index contributed by atoms with van der Waals surface area (Å²) in [4.78, 5) is 22.6. The number of aryl methyl sites for hydroxylation is 1. The summed E-state index contributed by atoms with van der Waals surface area (Å²) in [7, 11) is 1.57. The molecule has 0 saturated carbocycles. The second kappa shape index (κ2) is 9.29. The molecule has 2 saturated heterocycles. The number of carbonyl (C=O) groups is 1. The monoisotopic (exact) mass is 486 g/mol. The van der Waals surface area contributed by atoms with Gasteiger partial charge in [0.25, 0.3) is 0 Å². The number of ether oxygens (including phenoxy) is 2. The van der Waals surface area contributed by atoms with E-state index < -0.39 is 0 Å². The van der Waals surface area contributed by atoms with E-state index in [4.69, 9.17) is 14.5 Å². The maximum atomic E-state index is 13.5. The van der Waals surface area contributed by atoms with Crippen molar-refractivity contribution in [2.75, 3.05) is 39.9 Å². The largest absolute Gasteiger partial charge is 0.495 e. The molecule has 0 radical (unpaired) electrons. The lowest BCUT2D eigenvalue weighted by Gasteiger charge is -2.46. The number of piperazine rings is 1. The van der Waals surface area contributed by atoms with Crippen LogP contribution in [0.2, 0.25) is 0 Å². The van der Waals surface area contributed by atoms with Crippen molar-refractivity contribution in [3.05, 3.63) is 59.0 Å². The van der Waals surface area contributed by atoms with Crippen LogP contribution in [0.25, 0.3) is 5.82 Å². The lowest BCUT2D eigenvalue weighted by Crippen LogP contribution is -2.60. The first-order valence-electron chi connectivity index (χ1n) is 12.1. The molecule has 0 spiro atoms. The maximum absolute atomic E-state index is 13.5. The summed E-state index contributed by atoms with van der Waals surface area (Å²) in [5.41, 5.74) is 3.46. The topological polar surface area (TPSA) is 122 Å². The number of benzene rings is 1.